The molecule has 2 N–H and O–H groups in total. The van der Waals surface area contributed by atoms with Gasteiger partial charge in [-0.2, -0.15) is 0 Å². The molecule has 0 spiro atoms. The molecular weight excluding hydrogens is 210 g/mol. The lowest BCUT2D eigenvalue weighted by atomic mass is 9.90. The van der Waals surface area contributed by atoms with Crippen molar-refractivity contribution in [3.63, 3.8) is 0 Å². The number of hydrogen-bond acceptors (Lipinski definition) is 3. The van der Waals surface area contributed by atoms with Crippen LogP contribution in [-0.4, -0.2) is 23.2 Å². The van der Waals surface area contributed by atoms with Crippen LogP contribution in [0.1, 0.15) is 23.3 Å². The third kappa shape index (κ3) is 2.06. The highest BCUT2D eigenvalue weighted by Gasteiger charge is 2.41. The first-order valence-corrected chi connectivity index (χ1v) is 6.03. The minimum absolute atomic E-state index is 0.604. The van der Waals surface area contributed by atoms with E-state index in [1.165, 1.54) is 4.88 Å². The van der Waals surface area contributed by atoms with Crippen LogP contribution in [0, 0.1) is 6.92 Å². The Labute approximate surface area is 93.1 Å². The van der Waals surface area contributed by atoms with Gasteiger partial charge in [-0.15, -0.1) is 11.3 Å². The maximum atomic E-state index is 11.3. The van der Waals surface area contributed by atoms with Gasteiger partial charge in [0.1, 0.15) is 5.54 Å². The van der Waals surface area contributed by atoms with E-state index < -0.39 is 11.5 Å². The van der Waals surface area contributed by atoms with Gasteiger partial charge in [-0.25, -0.2) is 0 Å². The summed E-state index contributed by atoms with van der Waals surface area (Å²) in [4.78, 5) is 12.5. The Hall–Kier alpha value is -0.870. The molecule has 0 aliphatic carbocycles. The first-order valence-electron chi connectivity index (χ1n) is 5.15. The predicted octanol–water partition coefficient (Wildman–Crippen LogP) is 1.81. The maximum Gasteiger partial charge on any atom is 0.324 e. The second kappa shape index (κ2) is 3.94. The number of carboxylic acid groups (broad SMARTS) is 1. The van der Waals surface area contributed by atoms with Crippen molar-refractivity contribution >= 4 is 17.3 Å². The molecule has 15 heavy (non-hydrogen) atoms. The monoisotopic (exact) mass is 225 g/mol. The van der Waals surface area contributed by atoms with E-state index >= 15 is 0 Å². The van der Waals surface area contributed by atoms with Crippen LogP contribution in [0.15, 0.2) is 11.4 Å². The molecule has 1 aliphatic heterocycles. The van der Waals surface area contributed by atoms with E-state index in [4.69, 9.17) is 0 Å². The van der Waals surface area contributed by atoms with E-state index in [9.17, 15) is 9.90 Å². The maximum absolute atomic E-state index is 11.3. The quantitative estimate of drug-likeness (QED) is 0.824. The number of rotatable bonds is 3. The zero-order valence-electron chi connectivity index (χ0n) is 8.75. The Morgan fingerprint density at radius 3 is 3.00 bits per heavy atom. The third-order valence-electron chi connectivity index (χ3n) is 2.94. The molecular formula is C11H15NO2S. The average Bonchev–Trinajstić information content (AvgIpc) is 2.77. The first-order chi connectivity index (χ1) is 7.12. The topological polar surface area (TPSA) is 49.3 Å². The summed E-state index contributed by atoms with van der Waals surface area (Å²) in [5, 5.41) is 14.5. The molecule has 1 fully saturated rings. The van der Waals surface area contributed by atoms with Crippen LogP contribution in [0.5, 0.6) is 0 Å². The van der Waals surface area contributed by atoms with Gasteiger partial charge < -0.3 is 10.4 Å². The first kappa shape index (κ1) is 10.6. The predicted molar refractivity (Wildman–Crippen MR) is 60.4 cm³/mol. The van der Waals surface area contributed by atoms with E-state index in [0.717, 1.165) is 24.9 Å². The van der Waals surface area contributed by atoms with E-state index in [1.807, 2.05) is 6.92 Å². The van der Waals surface area contributed by atoms with E-state index in [0.29, 0.717) is 6.42 Å². The fourth-order valence-electron chi connectivity index (χ4n) is 2.15. The van der Waals surface area contributed by atoms with Crippen LogP contribution in [0.3, 0.4) is 0 Å². The molecule has 1 saturated heterocycles. The van der Waals surface area contributed by atoms with Gasteiger partial charge in [-0.05, 0) is 43.3 Å². The van der Waals surface area contributed by atoms with Gasteiger partial charge in [-0.3, -0.25) is 4.79 Å². The van der Waals surface area contributed by atoms with Crippen LogP contribution >= 0.6 is 11.3 Å². The highest BCUT2D eigenvalue weighted by atomic mass is 32.1. The second-order valence-electron chi connectivity index (χ2n) is 4.16. The van der Waals surface area contributed by atoms with E-state index in [2.05, 4.69) is 16.8 Å². The number of aliphatic carboxylic acids is 1. The molecule has 2 rings (SSSR count). The van der Waals surface area contributed by atoms with Crippen molar-refractivity contribution in [2.45, 2.75) is 31.7 Å². The number of aryl methyl sites for hydroxylation is 1. The van der Waals surface area contributed by atoms with Crippen molar-refractivity contribution in [2.24, 2.45) is 0 Å². The number of hydrogen-bond donors (Lipinski definition) is 2. The Morgan fingerprint density at radius 2 is 2.53 bits per heavy atom. The second-order valence-corrected chi connectivity index (χ2v) is 5.28. The summed E-state index contributed by atoms with van der Waals surface area (Å²) in [6.07, 6.45) is 2.29. The van der Waals surface area contributed by atoms with Crippen molar-refractivity contribution in [2.75, 3.05) is 6.54 Å². The van der Waals surface area contributed by atoms with Gasteiger partial charge >= 0.3 is 5.97 Å². The largest absolute Gasteiger partial charge is 0.480 e. The molecule has 1 aromatic rings. The molecule has 1 atom stereocenters. The zero-order valence-corrected chi connectivity index (χ0v) is 9.56. The molecule has 82 valence electrons. The molecule has 1 unspecified atom stereocenters. The molecule has 0 radical (unpaired) electrons. The van der Waals surface area contributed by atoms with Crippen LogP contribution in [0.2, 0.25) is 0 Å². The fourth-order valence-corrected chi connectivity index (χ4v) is 2.86. The molecule has 0 amide bonds. The highest BCUT2D eigenvalue weighted by Crippen LogP contribution is 2.26. The summed E-state index contributed by atoms with van der Waals surface area (Å²) >= 11 is 1.68. The van der Waals surface area contributed by atoms with Gasteiger partial charge in [-0.1, -0.05) is 0 Å². The summed E-state index contributed by atoms with van der Waals surface area (Å²) in [5.74, 6) is -0.719. The molecule has 2 heterocycles. The molecule has 4 heteroatoms. The van der Waals surface area contributed by atoms with E-state index in [-0.39, 0.29) is 0 Å². The lowest BCUT2D eigenvalue weighted by molar-refractivity contribution is -0.144. The number of carboxylic acids is 1. The van der Waals surface area contributed by atoms with Crippen LogP contribution in [-0.2, 0) is 11.2 Å². The molecule has 0 aromatic carbocycles. The minimum atomic E-state index is -0.719. The zero-order chi connectivity index (χ0) is 10.9. The van der Waals surface area contributed by atoms with Crippen molar-refractivity contribution in [1.29, 1.82) is 0 Å². The van der Waals surface area contributed by atoms with Gasteiger partial charge in [0.15, 0.2) is 0 Å². The van der Waals surface area contributed by atoms with Gasteiger partial charge in [0.05, 0.1) is 0 Å². The Bertz CT molecular complexity index is 366. The molecule has 1 aliphatic rings. The smallest absolute Gasteiger partial charge is 0.324 e. The van der Waals surface area contributed by atoms with Crippen molar-refractivity contribution in [3.05, 3.63) is 21.9 Å². The number of carbonyl (C=O) groups is 1. The van der Waals surface area contributed by atoms with Crippen LogP contribution in [0.4, 0.5) is 0 Å². The Kier molecular flexibility index (Phi) is 2.80. The van der Waals surface area contributed by atoms with Crippen molar-refractivity contribution in [1.82, 2.24) is 5.32 Å². The Balaban J connectivity index is 2.17. The summed E-state index contributed by atoms with van der Waals surface area (Å²) in [7, 11) is 0. The standard InChI is InChI=1S/C11H15NO2S/c1-8-5-9(7-15-8)6-11(10(13)14)3-2-4-12-11/h5,7,12H,2-4,6H2,1H3,(H,13,14). The van der Waals surface area contributed by atoms with E-state index in [1.54, 1.807) is 11.3 Å². The number of thiophene rings is 1. The van der Waals surface area contributed by atoms with Crippen LogP contribution in [0.25, 0.3) is 0 Å². The summed E-state index contributed by atoms with van der Waals surface area (Å²) in [5.41, 5.74) is 0.419. The van der Waals surface area contributed by atoms with Gasteiger partial charge in [0.25, 0.3) is 0 Å². The average molecular weight is 225 g/mol. The van der Waals surface area contributed by atoms with Crippen LogP contribution < -0.4 is 5.32 Å². The summed E-state index contributed by atoms with van der Waals surface area (Å²) in [6, 6.07) is 2.08. The van der Waals surface area contributed by atoms with Gasteiger partial charge in [0, 0.05) is 11.3 Å². The van der Waals surface area contributed by atoms with Crippen molar-refractivity contribution in [3.8, 4) is 0 Å². The Morgan fingerprint density at radius 1 is 1.73 bits per heavy atom. The molecule has 3 nitrogen and oxygen atoms in total. The highest BCUT2D eigenvalue weighted by molar-refractivity contribution is 7.10. The molecule has 0 bridgehead atoms. The molecule has 1 aromatic heterocycles. The third-order valence-corrected chi connectivity index (χ3v) is 3.85. The fraction of sp³-hybridized carbons (Fsp3) is 0.545. The summed E-state index contributed by atoms with van der Waals surface area (Å²) < 4.78 is 0. The SMILES string of the molecule is Cc1cc(CC2(C(=O)O)CCCN2)cs1. The number of nitrogens with one attached hydrogen (secondary N) is 1. The summed E-state index contributed by atoms with van der Waals surface area (Å²) in [6.45, 7) is 2.86. The lowest BCUT2D eigenvalue weighted by Crippen LogP contribution is -2.49. The van der Waals surface area contributed by atoms with Gasteiger partial charge in [0.2, 0.25) is 0 Å². The molecule has 0 saturated carbocycles. The van der Waals surface area contributed by atoms with Crippen molar-refractivity contribution < 1.29 is 9.90 Å². The normalized spacial score (nSPS) is 25.7. The lowest BCUT2D eigenvalue weighted by Gasteiger charge is -2.23. The minimum Gasteiger partial charge on any atom is -0.480 e.